The predicted molar refractivity (Wildman–Crippen MR) is 81.6 cm³/mol. The fraction of sp³-hybridized carbons (Fsp3) is 1.00. The average molecular weight is 271 g/mol. The van der Waals surface area contributed by atoms with E-state index in [0.29, 0.717) is 0 Å². The fourth-order valence-corrected chi connectivity index (χ4v) is 3.19. The molecule has 1 aliphatic heterocycles. The second-order valence-corrected chi connectivity index (χ2v) is 6.24. The van der Waals surface area contributed by atoms with Gasteiger partial charge >= 0.3 is 0 Å². The van der Waals surface area contributed by atoms with Gasteiger partial charge in [-0.1, -0.05) is 6.92 Å². The van der Waals surface area contributed by atoms with Gasteiger partial charge in [0.1, 0.15) is 0 Å². The molecule has 1 rings (SSSR count). The number of nitrogens with zero attached hydrogens (tertiary/aromatic N) is 2. The normalized spacial score (nSPS) is 24.0. The minimum absolute atomic E-state index is 0.0726. The third-order valence-electron chi connectivity index (χ3n) is 4.69. The Hall–Kier alpha value is -0.160. The van der Waals surface area contributed by atoms with Crippen molar-refractivity contribution in [3.63, 3.8) is 0 Å². The standard InChI is InChI=1S/C15H33N3O/c1-5-15(13-19,16-2)9-7-11-18-10-6-8-14(18)12-17(3)4/h14,16,19H,5-13H2,1-4H3. The summed E-state index contributed by atoms with van der Waals surface area (Å²) >= 11 is 0. The molecule has 0 saturated carbocycles. The lowest BCUT2D eigenvalue weighted by Gasteiger charge is -2.32. The van der Waals surface area contributed by atoms with Crippen molar-refractivity contribution in [2.75, 3.05) is 47.4 Å². The van der Waals surface area contributed by atoms with Crippen LogP contribution in [0.25, 0.3) is 0 Å². The van der Waals surface area contributed by atoms with Crippen molar-refractivity contribution >= 4 is 0 Å². The van der Waals surface area contributed by atoms with Gasteiger partial charge in [0.2, 0.25) is 0 Å². The number of hydrogen-bond donors (Lipinski definition) is 2. The molecule has 0 amide bonds. The van der Waals surface area contributed by atoms with Gasteiger partial charge in [-0.05, 0) is 66.3 Å². The van der Waals surface area contributed by atoms with Crippen LogP contribution in [0.15, 0.2) is 0 Å². The minimum atomic E-state index is -0.0726. The Morgan fingerprint density at radius 1 is 1.42 bits per heavy atom. The number of aliphatic hydroxyl groups excluding tert-OH is 1. The van der Waals surface area contributed by atoms with E-state index < -0.39 is 0 Å². The largest absolute Gasteiger partial charge is 0.394 e. The molecule has 0 bridgehead atoms. The SMILES string of the molecule is CCC(CO)(CCCN1CCCC1CN(C)C)NC. The summed E-state index contributed by atoms with van der Waals surface area (Å²) in [6, 6.07) is 0.731. The third kappa shape index (κ3) is 5.03. The van der Waals surface area contributed by atoms with Crippen LogP contribution in [0.1, 0.15) is 39.0 Å². The molecule has 114 valence electrons. The van der Waals surface area contributed by atoms with Gasteiger partial charge < -0.3 is 15.3 Å². The van der Waals surface area contributed by atoms with Crippen molar-refractivity contribution in [3.05, 3.63) is 0 Å². The molecule has 4 nitrogen and oxygen atoms in total. The first kappa shape index (κ1) is 16.9. The summed E-state index contributed by atoms with van der Waals surface area (Å²) in [4.78, 5) is 4.92. The molecule has 0 aromatic heterocycles. The van der Waals surface area contributed by atoms with Crippen LogP contribution in [-0.4, -0.2) is 73.9 Å². The summed E-state index contributed by atoms with van der Waals surface area (Å²) in [5.74, 6) is 0. The Kier molecular flexibility index (Phi) is 7.29. The topological polar surface area (TPSA) is 38.7 Å². The lowest BCUT2D eigenvalue weighted by Crippen LogP contribution is -2.46. The van der Waals surface area contributed by atoms with E-state index in [1.54, 1.807) is 0 Å². The van der Waals surface area contributed by atoms with E-state index in [0.717, 1.165) is 18.9 Å². The van der Waals surface area contributed by atoms with Crippen molar-refractivity contribution in [1.82, 2.24) is 15.1 Å². The molecule has 1 saturated heterocycles. The second-order valence-electron chi connectivity index (χ2n) is 6.24. The van der Waals surface area contributed by atoms with Crippen LogP contribution in [0.4, 0.5) is 0 Å². The summed E-state index contributed by atoms with van der Waals surface area (Å²) < 4.78 is 0. The van der Waals surface area contributed by atoms with Crippen molar-refractivity contribution in [1.29, 1.82) is 0 Å². The molecule has 19 heavy (non-hydrogen) atoms. The van der Waals surface area contributed by atoms with Crippen LogP contribution in [0, 0.1) is 0 Å². The van der Waals surface area contributed by atoms with Gasteiger partial charge in [0.15, 0.2) is 0 Å². The highest BCUT2D eigenvalue weighted by Gasteiger charge is 2.27. The smallest absolute Gasteiger partial charge is 0.0613 e. The van der Waals surface area contributed by atoms with Crippen molar-refractivity contribution in [2.24, 2.45) is 0 Å². The van der Waals surface area contributed by atoms with Crippen LogP contribution in [0.2, 0.25) is 0 Å². The van der Waals surface area contributed by atoms with Gasteiger partial charge in [-0.2, -0.15) is 0 Å². The maximum Gasteiger partial charge on any atom is 0.0613 e. The average Bonchev–Trinajstić information content (AvgIpc) is 2.82. The van der Waals surface area contributed by atoms with Gasteiger partial charge in [0.05, 0.1) is 6.61 Å². The molecule has 1 aliphatic rings. The molecule has 1 heterocycles. The van der Waals surface area contributed by atoms with Crippen LogP contribution in [-0.2, 0) is 0 Å². The van der Waals surface area contributed by atoms with E-state index in [1.807, 2.05) is 7.05 Å². The highest BCUT2D eigenvalue weighted by Crippen LogP contribution is 2.21. The van der Waals surface area contributed by atoms with Gasteiger partial charge in [0, 0.05) is 18.1 Å². The summed E-state index contributed by atoms with van der Waals surface area (Å²) in [5, 5.41) is 12.9. The summed E-state index contributed by atoms with van der Waals surface area (Å²) in [6.07, 6.45) is 5.88. The number of hydrogen-bond acceptors (Lipinski definition) is 4. The first-order chi connectivity index (χ1) is 9.06. The number of likely N-dealkylation sites (N-methyl/N-ethyl adjacent to an activating group) is 2. The van der Waals surface area contributed by atoms with Crippen molar-refractivity contribution in [3.8, 4) is 0 Å². The molecule has 1 fully saturated rings. The number of rotatable bonds is 9. The van der Waals surface area contributed by atoms with Crippen LogP contribution in [0.5, 0.6) is 0 Å². The summed E-state index contributed by atoms with van der Waals surface area (Å²) in [6.45, 7) is 5.97. The maximum absolute atomic E-state index is 9.56. The Labute approximate surface area is 119 Å². The van der Waals surface area contributed by atoms with Gasteiger partial charge in [-0.25, -0.2) is 0 Å². The quantitative estimate of drug-likeness (QED) is 0.660. The fourth-order valence-electron chi connectivity index (χ4n) is 3.19. The van der Waals surface area contributed by atoms with E-state index in [1.165, 1.54) is 38.9 Å². The Morgan fingerprint density at radius 3 is 2.68 bits per heavy atom. The lowest BCUT2D eigenvalue weighted by atomic mass is 9.91. The van der Waals surface area contributed by atoms with Crippen molar-refractivity contribution in [2.45, 2.75) is 50.6 Å². The highest BCUT2D eigenvalue weighted by atomic mass is 16.3. The number of nitrogens with one attached hydrogen (secondary N) is 1. The van der Waals surface area contributed by atoms with Crippen LogP contribution in [0.3, 0.4) is 0 Å². The molecule has 2 atom stereocenters. The number of likely N-dealkylation sites (tertiary alicyclic amines) is 1. The first-order valence-electron chi connectivity index (χ1n) is 7.75. The Balaban J connectivity index is 2.35. The van der Waals surface area contributed by atoms with E-state index in [2.05, 4.69) is 36.1 Å². The zero-order valence-electron chi connectivity index (χ0n) is 13.3. The first-order valence-corrected chi connectivity index (χ1v) is 7.75. The minimum Gasteiger partial charge on any atom is -0.394 e. The number of aliphatic hydroxyl groups is 1. The molecule has 0 aromatic carbocycles. The van der Waals surface area contributed by atoms with E-state index >= 15 is 0 Å². The molecular formula is C15H33N3O. The molecule has 4 heteroatoms. The zero-order valence-corrected chi connectivity index (χ0v) is 13.3. The van der Waals surface area contributed by atoms with E-state index in [-0.39, 0.29) is 12.1 Å². The molecule has 0 spiro atoms. The molecule has 2 N–H and O–H groups in total. The zero-order chi connectivity index (χ0) is 14.3. The van der Waals surface area contributed by atoms with Gasteiger partial charge in [-0.3, -0.25) is 4.90 Å². The summed E-state index contributed by atoms with van der Waals surface area (Å²) in [7, 11) is 6.28. The van der Waals surface area contributed by atoms with Crippen LogP contribution >= 0.6 is 0 Å². The third-order valence-corrected chi connectivity index (χ3v) is 4.69. The molecule has 0 aliphatic carbocycles. The predicted octanol–water partition coefficient (Wildman–Crippen LogP) is 1.15. The Morgan fingerprint density at radius 2 is 2.16 bits per heavy atom. The summed E-state index contributed by atoms with van der Waals surface area (Å²) in [5.41, 5.74) is -0.0726. The Bertz CT molecular complexity index is 233. The molecule has 2 unspecified atom stereocenters. The lowest BCUT2D eigenvalue weighted by molar-refractivity contribution is 0.141. The van der Waals surface area contributed by atoms with E-state index in [9.17, 15) is 5.11 Å². The molecular weight excluding hydrogens is 238 g/mol. The monoisotopic (exact) mass is 271 g/mol. The molecule has 0 radical (unpaired) electrons. The maximum atomic E-state index is 9.56. The van der Waals surface area contributed by atoms with Crippen LogP contribution < -0.4 is 5.32 Å². The van der Waals surface area contributed by atoms with E-state index in [4.69, 9.17) is 0 Å². The second kappa shape index (κ2) is 8.20. The van der Waals surface area contributed by atoms with Gasteiger partial charge in [0.25, 0.3) is 0 Å². The van der Waals surface area contributed by atoms with Crippen molar-refractivity contribution < 1.29 is 5.11 Å². The molecule has 0 aromatic rings. The highest BCUT2D eigenvalue weighted by molar-refractivity contribution is 4.86. The van der Waals surface area contributed by atoms with Gasteiger partial charge in [-0.15, -0.1) is 0 Å².